The number of carbonyl (C=O) groups excluding carboxylic acids is 1. The first kappa shape index (κ1) is 22.1. The fourth-order valence-electron chi connectivity index (χ4n) is 2.84. The van der Waals surface area contributed by atoms with Gasteiger partial charge in [-0.15, -0.1) is 0 Å². The van der Waals surface area contributed by atoms with Crippen molar-refractivity contribution in [2.75, 3.05) is 0 Å². The third-order valence-electron chi connectivity index (χ3n) is 4.59. The van der Waals surface area contributed by atoms with Crippen LogP contribution >= 0.6 is 0 Å². The molecule has 0 radical (unpaired) electrons. The lowest BCUT2D eigenvalue weighted by Gasteiger charge is -2.09. The number of carbonyl (C=O) groups is 2. The number of carboxylic acid groups (broad SMARTS) is 1. The molecule has 26 heavy (non-hydrogen) atoms. The van der Waals surface area contributed by atoms with Gasteiger partial charge in [-0.25, -0.2) is 0 Å². The second-order valence-electron chi connectivity index (χ2n) is 7.00. The topological polar surface area (TPSA) is 79.3 Å². The van der Waals surface area contributed by atoms with Gasteiger partial charge in [-0.1, -0.05) is 64.7 Å². The molecule has 0 bridgehead atoms. The second-order valence-corrected chi connectivity index (χ2v) is 7.00. The van der Waals surface area contributed by atoms with Crippen molar-refractivity contribution in [1.82, 2.24) is 10.3 Å². The van der Waals surface area contributed by atoms with Crippen LogP contribution < -0.4 is 5.32 Å². The minimum atomic E-state index is -1.05. The largest absolute Gasteiger partial charge is 0.480 e. The molecule has 0 aliphatic carbocycles. The van der Waals surface area contributed by atoms with Gasteiger partial charge in [0.05, 0.1) is 5.56 Å². The number of hydrogen-bond donors (Lipinski definition) is 2. The normalized spacial score (nSPS) is 11.9. The maximum Gasteiger partial charge on any atom is 0.325 e. The predicted octanol–water partition coefficient (Wildman–Crippen LogP) is 4.75. The minimum absolute atomic E-state index is 0.393. The summed E-state index contributed by atoms with van der Waals surface area (Å²) in [6.07, 6.45) is 15.5. The van der Waals surface area contributed by atoms with E-state index in [1.54, 1.807) is 6.07 Å². The van der Waals surface area contributed by atoms with Gasteiger partial charge in [-0.2, -0.15) is 0 Å². The van der Waals surface area contributed by atoms with Crippen LogP contribution in [0.15, 0.2) is 18.3 Å². The first-order valence-electron chi connectivity index (χ1n) is 10.0. The van der Waals surface area contributed by atoms with Gasteiger partial charge < -0.3 is 10.4 Å². The van der Waals surface area contributed by atoms with Crippen LogP contribution in [0.1, 0.15) is 94.1 Å². The quantitative estimate of drug-likeness (QED) is 0.468. The fraction of sp³-hybridized carbons (Fsp3) is 0.667. The molecule has 1 aromatic rings. The summed E-state index contributed by atoms with van der Waals surface area (Å²) in [4.78, 5) is 27.0. The average molecular weight is 363 g/mol. The zero-order valence-electron chi connectivity index (χ0n) is 16.3. The molecular formula is C21H34N2O3. The van der Waals surface area contributed by atoms with Crippen LogP contribution in [0.2, 0.25) is 0 Å². The van der Waals surface area contributed by atoms with Gasteiger partial charge in [-0.05, 0) is 31.9 Å². The van der Waals surface area contributed by atoms with E-state index in [9.17, 15) is 9.59 Å². The lowest BCUT2D eigenvalue weighted by molar-refractivity contribution is -0.138. The van der Waals surface area contributed by atoms with E-state index in [-0.39, 0.29) is 0 Å². The highest BCUT2D eigenvalue weighted by Crippen LogP contribution is 2.12. The summed E-state index contributed by atoms with van der Waals surface area (Å²) in [5, 5.41) is 11.2. The number of aliphatic carboxylic acids is 1. The summed E-state index contributed by atoms with van der Waals surface area (Å²) in [5.41, 5.74) is 1.37. The molecule has 1 amide bonds. The van der Waals surface area contributed by atoms with Crippen LogP contribution in [0.5, 0.6) is 0 Å². The van der Waals surface area contributed by atoms with E-state index in [0.717, 1.165) is 18.5 Å². The number of nitrogens with zero attached hydrogens (tertiary/aromatic N) is 1. The standard InChI is InChI=1S/C21H34N2O3/c1-3-4-5-6-7-8-9-10-11-12-13-19-15-14-18(16-22-19)20(24)23-17(2)21(25)26/h14-17H,3-13H2,1-2H3,(H,23,24)(H,25,26)/t17-/m0/s1. The molecule has 0 aliphatic rings. The molecule has 0 spiro atoms. The van der Waals surface area contributed by atoms with Crippen molar-refractivity contribution in [1.29, 1.82) is 0 Å². The van der Waals surface area contributed by atoms with Crippen LogP contribution in [-0.2, 0) is 11.2 Å². The van der Waals surface area contributed by atoms with E-state index in [2.05, 4.69) is 17.2 Å². The number of aromatic nitrogens is 1. The smallest absolute Gasteiger partial charge is 0.325 e. The van der Waals surface area contributed by atoms with Crippen molar-refractivity contribution < 1.29 is 14.7 Å². The van der Waals surface area contributed by atoms with E-state index < -0.39 is 17.9 Å². The highest BCUT2D eigenvalue weighted by molar-refractivity contribution is 5.96. The Morgan fingerprint density at radius 2 is 1.58 bits per heavy atom. The van der Waals surface area contributed by atoms with Gasteiger partial charge in [0, 0.05) is 11.9 Å². The van der Waals surface area contributed by atoms with Gasteiger partial charge in [0.1, 0.15) is 6.04 Å². The lowest BCUT2D eigenvalue weighted by atomic mass is 10.0. The lowest BCUT2D eigenvalue weighted by Crippen LogP contribution is -2.38. The second kappa shape index (κ2) is 13.3. The number of amides is 1. The van der Waals surface area contributed by atoms with E-state index in [1.165, 1.54) is 70.9 Å². The SMILES string of the molecule is CCCCCCCCCCCCc1ccc(C(=O)N[C@@H](C)C(=O)O)cn1. The molecular weight excluding hydrogens is 328 g/mol. The molecule has 0 saturated heterocycles. The van der Waals surface area contributed by atoms with E-state index in [4.69, 9.17) is 5.11 Å². The molecule has 5 heteroatoms. The van der Waals surface area contributed by atoms with Crippen LogP contribution in [-0.4, -0.2) is 28.0 Å². The Bertz CT molecular complexity index is 529. The molecule has 1 atom stereocenters. The Hall–Kier alpha value is -1.91. The van der Waals surface area contributed by atoms with Crippen LogP contribution in [0.4, 0.5) is 0 Å². The minimum Gasteiger partial charge on any atom is -0.480 e. The number of rotatable bonds is 14. The van der Waals surface area contributed by atoms with Crippen molar-refractivity contribution >= 4 is 11.9 Å². The zero-order chi connectivity index (χ0) is 19.2. The van der Waals surface area contributed by atoms with Crippen molar-refractivity contribution in [2.24, 2.45) is 0 Å². The van der Waals surface area contributed by atoms with Gasteiger partial charge in [0.25, 0.3) is 5.91 Å². The third-order valence-corrected chi connectivity index (χ3v) is 4.59. The number of unbranched alkanes of at least 4 members (excludes halogenated alkanes) is 9. The molecule has 0 saturated carbocycles. The van der Waals surface area contributed by atoms with Crippen LogP contribution in [0.3, 0.4) is 0 Å². The highest BCUT2D eigenvalue weighted by Gasteiger charge is 2.15. The monoisotopic (exact) mass is 362 g/mol. The summed E-state index contributed by atoms with van der Waals surface area (Å²) in [6.45, 7) is 3.68. The Labute approximate surface area is 157 Å². The maximum absolute atomic E-state index is 11.9. The van der Waals surface area contributed by atoms with Gasteiger partial charge >= 0.3 is 5.97 Å². The summed E-state index contributed by atoms with van der Waals surface area (Å²) >= 11 is 0. The summed E-state index contributed by atoms with van der Waals surface area (Å²) in [6, 6.07) is 2.66. The molecule has 0 aromatic carbocycles. The fourth-order valence-corrected chi connectivity index (χ4v) is 2.84. The number of nitrogens with one attached hydrogen (secondary N) is 1. The number of carboxylic acids is 1. The predicted molar refractivity (Wildman–Crippen MR) is 104 cm³/mol. The van der Waals surface area contributed by atoms with Crippen LogP contribution in [0.25, 0.3) is 0 Å². The molecule has 5 nitrogen and oxygen atoms in total. The number of hydrogen-bond acceptors (Lipinski definition) is 3. The average Bonchev–Trinajstić information content (AvgIpc) is 2.63. The Morgan fingerprint density at radius 3 is 2.08 bits per heavy atom. The highest BCUT2D eigenvalue weighted by atomic mass is 16.4. The molecule has 1 heterocycles. The maximum atomic E-state index is 11.9. The van der Waals surface area contributed by atoms with E-state index in [1.807, 2.05) is 6.07 Å². The van der Waals surface area contributed by atoms with Gasteiger partial charge in [0.2, 0.25) is 0 Å². The first-order chi connectivity index (χ1) is 12.5. The van der Waals surface area contributed by atoms with Crippen LogP contribution in [0, 0.1) is 0 Å². The Kier molecular flexibility index (Phi) is 11.3. The Morgan fingerprint density at radius 1 is 1.00 bits per heavy atom. The van der Waals surface area contributed by atoms with E-state index in [0.29, 0.717) is 5.56 Å². The molecule has 1 rings (SSSR count). The van der Waals surface area contributed by atoms with Crippen molar-refractivity contribution in [3.05, 3.63) is 29.6 Å². The van der Waals surface area contributed by atoms with Crippen molar-refractivity contribution in [3.8, 4) is 0 Å². The Balaban J connectivity index is 2.15. The third kappa shape index (κ3) is 9.54. The molecule has 146 valence electrons. The zero-order valence-corrected chi connectivity index (χ0v) is 16.3. The molecule has 1 aromatic heterocycles. The first-order valence-corrected chi connectivity index (χ1v) is 10.0. The van der Waals surface area contributed by atoms with Crippen molar-refractivity contribution in [2.45, 2.75) is 90.5 Å². The van der Waals surface area contributed by atoms with Gasteiger partial charge in [0.15, 0.2) is 0 Å². The summed E-state index contributed by atoms with van der Waals surface area (Å²) in [5.74, 6) is -1.46. The molecule has 2 N–H and O–H groups in total. The number of aryl methyl sites for hydroxylation is 1. The van der Waals surface area contributed by atoms with Crippen molar-refractivity contribution in [3.63, 3.8) is 0 Å². The molecule has 0 fully saturated rings. The van der Waals surface area contributed by atoms with Gasteiger partial charge in [-0.3, -0.25) is 14.6 Å². The molecule has 0 unspecified atom stereocenters. The van der Waals surface area contributed by atoms with E-state index >= 15 is 0 Å². The summed E-state index contributed by atoms with van der Waals surface area (Å²) in [7, 11) is 0. The number of pyridine rings is 1. The molecule has 0 aliphatic heterocycles. The summed E-state index contributed by atoms with van der Waals surface area (Å²) < 4.78 is 0.